The zero-order valence-corrected chi connectivity index (χ0v) is 13.8. The van der Waals surface area contributed by atoms with Gasteiger partial charge in [0.1, 0.15) is 11.6 Å². The third-order valence-electron chi connectivity index (χ3n) is 3.45. The van der Waals surface area contributed by atoms with E-state index in [9.17, 15) is 18.4 Å². The van der Waals surface area contributed by atoms with Gasteiger partial charge in [0.25, 0.3) is 5.91 Å². The van der Waals surface area contributed by atoms with Gasteiger partial charge in [0, 0.05) is 22.9 Å². The zero-order chi connectivity index (χ0) is 18.4. The molecule has 2 aromatic carbocycles. The molecule has 0 saturated carbocycles. The number of carbonyl (C=O) groups excluding carboxylic acids is 2. The highest BCUT2D eigenvalue weighted by Gasteiger charge is 2.15. The summed E-state index contributed by atoms with van der Waals surface area (Å²) in [5, 5.41) is 5.15. The minimum atomic E-state index is -0.721. The molecule has 0 saturated heterocycles. The summed E-state index contributed by atoms with van der Waals surface area (Å²) >= 11 is 0. The van der Waals surface area contributed by atoms with E-state index in [1.54, 1.807) is 26.0 Å². The minimum absolute atomic E-state index is 0.190. The molecule has 5 nitrogen and oxygen atoms in total. The molecule has 0 bridgehead atoms. The summed E-state index contributed by atoms with van der Waals surface area (Å²) in [5.41, 5.74) is 1.01. The molecular weight excluding hydrogens is 330 g/mol. The number of amides is 2. The molecule has 2 rings (SSSR count). The summed E-state index contributed by atoms with van der Waals surface area (Å²) in [7, 11) is 0. The quantitative estimate of drug-likeness (QED) is 0.857. The standard InChI is InChI=1S/C18H18F2N2O3/c1-3-25-18(24)22-14-7-4-12(5-8-14)17(23)21-11(2)15-9-6-13(19)10-16(15)20/h4-11H,3H2,1-2H3,(H,21,23)(H,22,24)/t11-/m0/s1. The number of benzene rings is 2. The predicted molar refractivity (Wildman–Crippen MR) is 89.3 cm³/mol. The molecule has 7 heteroatoms. The molecule has 0 radical (unpaired) electrons. The van der Waals surface area contributed by atoms with E-state index in [0.717, 1.165) is 12.1 Å². The maximum Gasteiger partial charge on any atom is 0.411 e. The molecule has 2 amide bonds. The Kier molecular flexibility index (Phi) is 6.05. The van der Waals surface area contributed by atoms with E-state index < -0.39 is 29.7 Å². The third kappa shape index (κ3) is 5.00. The summed E-state index contributed by atoms with van der Waals surface area (Å²) in [6, 6.07) is 8.71. The van der Waals surface area contributed by atoms with Crippen LogP contribution >= 0.6 is 0 Å². The Morgan fingerprint density at radius 2 is 1.80 bits per heavy atom. The second kappa shape index (κ2) is 8.23. The Morgan fingerprint density at radius 1 is 1.12 bits per heavy atom. The fraction of sp³-hybridized carbons (Fsp3) is 0.222. The average molecular weight is 348 g/mol. The highest BCUT2D eigenvalue weighted by atomic mass is 19.1. The minimum Gasteiger partial charge on any atom is -0.450 e. The van der Waals surface area contributed by atoms with Gasteiger partial charge in [0.05, 0.1) is 12.6 Å². The highest BCUT2D eigenvalue weighted by Crippen LogP contribution is 2.18. The van der Waals surface area contributed by atoms with E-state index in [-0.39, 0.29) is 12.2 Å². The van der Waals surface area contributed by atoms with Crippen molar-refractivity contribution >= 4 is 17.7 Å². The van der Waals surface area contributed by atoms with Crippen LogP contribution in [-0.2, 0) is 4.74 Å². The average Bonchev–Trinajstić information content (AvgIpc) is 2.55. The van der Waals surface area contributed by atoms with Crippen LogP contribution in [0.2, 0.25) is 0 Å². The number of ether oxygens (including phenoxy) is 1. The molecule has 0 aliphatic heterocycles. The van der Waals surface area contributed by atoms with Gasteiger partial charge in [-0.3, -0.25) is 10.1 Å². The third-order valence-corrected chi connectivity index (χ3v) is 3.45. The van der Waals surface area contributed by atoms with Crippen LogP contribution < -0.4 is 10.6 Å². The molecule has 0 unspecified atom stereocenters. The van der Waals surface area contributed by atoms with Gasteiger partial charge in [0.15, 0.2) is 0 Å². The van der Waals surface area contributed by atoms with Crippen molar-refractivity contribution in [2.24, 2.45) is 0 Å². The van der Waals surface area contributed by atoms with Gasteiger partial charge in [-0.25, -0.2) is 13.6 Å². The lowest BCUT2D eigenvalue weighted by molar-refractivity contribution is 0.0939. The smallest absolute Gasteiger partial charge is 0.411 e. The molecule has 1 atom stereocenters. The SMILES string of the molecule is CCOC(=O)Nc1ccc(C(=O)N[C@@H](C)c2ccc(F)cc2F)cc1. The lowest BCUT2D eigenvalue weighted by Gasteiger charge is -2.15. The highest BCUT2D eigenvalue weighted by molar-refractivity contribution is 5.95. The van der Waals surface area contributed by atoms with Crippen molar-refractivity contribution in [3.63, 3.8) is 0 Å². The molecule has 0 aliphatic carbocycles. The topological polar surface area (TPSA) is 67.4 Å². The maximum atomic E-state index is 13.7. The van der Waals surface area contributed by atoms with Crippen LogP contribution in [0.4, 0.5) is 19.3 Å². The summed E-state index contributed by atoms with van der Waals surface area (Å²) in [6.07, 6.45) is -0.583. The second-order valence-corrected chi connectivity index (χ2v) is 5.28. The first kappa shape index (κ1) is 18.4. The van der Waals surface area contributed by atoms with Gasteiger partial charge < -0.3 is 10.1 Å². The van der Waals surface area contributed by atoms with Crippen LogP contribution in [0.25, 0.3) is 0 Å². The van der Waals surface area contributed by atoms with Crippen molar-refractivity contribution in [1.29, 1.82) is 0 Å². The number of hydrogen-bond acceptors (Lipinski definition) is 3. The molecule has 0 heterocycles. The number of rotatable bonds is 5. The second-order valence-electron chi connectivity index (χ2n) is 5.28. The van der Waals surface area contributed by atoms with Crippen LogP contribution in [0.1, 0.15) is 35.8 Å². The molecule has 0 aromatic heterocycles. The fourth-order valence-electron chi connectivity index (χ4n) is 2.20. The van der Waals surface area contributed by atoms with E-state index in [2.05, 4.69) is 10.6 Å². The van der Waals surface area contributed by atoms with E-state index >= 15 is 0 Å². The zero-order valence-electron chi connectivity index (χ0n) is 13.8. The van der Waals surface area contributed by atoms with Crippen molar-refractivity contribution in [2.75, 3.05) is 11.9 Å². The van der Waals surface area contributed by atoms with Crippen LogP contribution in [-0.4, -0.2) is 18.6 Å². The van der Waals surface area contributed by atoms with Gasteiger partial charge >= 0.3 is 6.09 Å². The van der Waals surface area contributed by atoms with Gasteiger partial charge in [-0.15, -0.1) is 0 Å². The lowest BCUT2D eigenvalue weighted by atomic mass is 10.1. The van der Waals surface area contributed by atoms with Crippen molar-refractivity contribution in [1.82, 2.24) is 5.32 Å². The van der Waals surface area contributed by atoms with Gasteiger partial charge in [-0.05, 0) is 44.2 Å². The predicted octanol–water partition coefficient (Wildman–Crippen LogP) is 4.02. The number of nitrogens with one attached hydrogen (secondary N) is 2. The fourth-order valence-corrected chi connectivity index (χ4v) is 2.20. The largest absolute Gasteiger partial charge is 0.450 e. The van der Waals surface area contributed by atoms with E-state index in [1.165, 1.54) is 18.2 Å². The summed E-state index contributed by atoms with van der Waals surface area (Å²) < 4.78 is 31.4. The molecule has 0 spiro atoms. The number of hydrogen-bond donors (Lipinski definition) is 2. The maximum absolute atomic E-state index is 13.7. The molecule has 2 N–H and O–H groups in total. The summed E-state index contributed by atoms with van der Waals surface area (Å²) in [4.78, 5) is 23.5. The Bertz CT molecular complexity index is 763. The summed E-state index contributed by atoms with van der Waals surface area (Å²) in [6.45, 7) is 3.55. The molecule has 0 aliphatic rings. The van der Waals surface area contributed by atoms with E-state index in [1.807, 2.05) is 0 Å². The Balaban J connectivity index is 2.01. The van der Waals surface area contributed by atoms with E-state index in [4.69, 9.17) is 4.74 Å². The number of carbonyl (C=O) groups is 2. The number of anilines is 1. The van der Waals surface area contributed by atoms with E-state index in [0.29, 0.717) is 11.3 Å². The van der Waals surface area contributed by atoms with Gasteiger partial charge in [-0.2, -0.15) is 0 Å². The lowest BCUT2D eigenvalue weighted by Crippen LogP contribution is -2.27. The molecule has 0 fully saturated rings. The number of halogens is 2. The monoisotopic (exact) mass is 348 g/mol. The molecule has 25 heavy (non-hydrogen) atoms. The van der Waals surface area contributed by atoms with Crippen LogP contribution in [0.15, 0.2) is 42.5 Å². The van der Waals surface area contributed by atoms with Gasteiger partial charge in [0.2, 0.25) is 0 Å². The Labute approximate surface area is 144 Å². The van der Waals surface area contributed by atoms with Crippen LogP contribution in [0, 0.1) is 11.6 Å². The molecule has 2 aromatic rings. The first-order valence-electron chi connectivity index (χ1n) is 7.70. The van der Waals surface area contributed by atoms with Gasteiger partial charge in [-0.1, -0.05) is 6.07 Å². The van der Waals surface area contributed by atoms with Crippen molar-refractivity contribution in [3.8, 4) is 0 Å². The molecular formula is C18H18F2N2O3. The first-order chi connectivity index (χ1) is 11.9. The molecule has 132 valence electrons. The van der Waals surface area contributed by atoms with Crippen molar-refractivity contribution in [2.45, 2.75) is 19.9 Å². The van der Waals surface area contributed by atoms with Crippen molar-refractivity contribution < 1.29 is 23.1 Å². The Morgan fingerprint density at radius 3 is 2.40 bits per heavy atom. The normalized spacial score (nSPS) is 11.5. The van der Waals surface area contributed by atoms with Crippen LogP contribution in [0.5, 0.6) is 0 Å². The van der Waals surface area contributed by atoms with Crippen LogP contribution in [0.3, 0.4) is 0 Å². The van der Waals surface area contributed by atoms with Crippen molar-refractivity contribution in [3.05, 3.63) is 65.2 Å². The summed E-state index contributed by atoms with van der Waals surface area (Å²) in [5.74, 6) is -1.81. The first-order valence-corrected chi connectivity index (χ1v) is 7.70. The Hall–Kier alpha value is -2.96.